The molecule has 190 valence electrons. The molecule has 2 rings (SSSR count). The molecule has 5 nitrogen and oxygen atoms in total. The van der Waals surface area contributed by atoms with E-state index in [4.69, 9.17) is 14.2 Å². The van der Waals surface area contributed by atoms with Gasteiger partial charge in [-0.15, -0.1) is 6.58 Å². The normalized spacial score (nSPS) is 16.2. The Hall–Kier alpha value is -2.92. The minimum atomic E-state index is -0.593. The average Bonchev–Trinajstić information content (AvgIpc) is 3.10. The number of carbonyl (C=O) groups is 2. The largest absolute Gasteiger partial charge is 0.493 e. The Balaban J connectivity index is 2.41. The zero-order chi connectivity index (χ0) is 26.2. The van der Waals surface area contributed by atoms with Crippen LogP contribution in [0.3, 0.4) is 0 Å². The van der Waals surface area contributed by atoms with Gasteiger partial charge in [0.15, 0.2) is 5.78 Å². The minimum Gasteiger partial charge on any atom is -0.493 e. The lowest BCUT2D eigenvalue weighted by Gasteiger charge is -2.33. The zero-order valence-electron chi connectivity index (χ0n) is 22.3. The number of allylic oxidation sites excluding steroid dienone is 3. The molecule has 0 spiro atoms. The Bertz CT molecular complexity index is 1000. The van der Waals surface area contributed by atoms with E-state index in [0.29, 0.717) is 36.5 Å². The predicted molar refractivity (Wildman–Crippen MR) is 140 cm³/mol. The monoisotopic (exact) mass is 480 g/mol. The summed E-state index contributed by atoms with van der Waals surface area (Å²) in [6.07, 6.45) is 5.52. The molecule has 0 saturated heterocycles. The molecule has 1 aliphatic carbocycles. The van der Waals surface area contributed by atoms with Crippen LogP contribution in [0.4, 0.5) is 0 Å². The van der Waals surface area contributed by atoms with Crippen LogP contribution in [-0.2, 0) is 30.4 Å². The highest BCUT2D eigenvalue weighted by atomic mass is 16.5. The van der Waals surface area contributed by atoms with E-state index >= 15 is 0 Å². The van der Waals surface area contributed by atoms with Crippen molar-refractivity contribution in [3.63, 3.8) is 0 Å². The molecule has 0 N–H and O–H groups in total. The SMILES string of the molecule is C=CC(OCc1ccccc1)C(C)(C)CC1=CC(OCC)=C(C(=O)OCC)/C1=C\C(=O)C(C)(C)C. The maximum absolute atomic E-state index is 13.0. The van der Waals surface area contributed by atoms with Crippen molar-refractivity contribution in [3.05, 3.63) is 83.2 Å². The Kier molecular flexibility index (Phi) is 9.84. The standard InChI is InChI=1S/C30H40O5/c1-9-26(35-20-21-15-13-12-14-16-21)30(7,8)19-22-17-24(33-10-2)27(28(32)34-11-3)23(22)18-25(31)29(4,5)6/h9,12-18,26H,1,10-11,19-20H2,2-8H3/b23-18-. The van der Waals surface area contributed by atoms with Gasteiger partial charge in [-0.1, -0.05) is 71.0 Å². The van der Waals surface area contributed by atoms with Crippen LogP contribution in [-0.4, -0.2) is 31.1 Å². The van der Waals surface area contributed by atoms with Crippen molar-refractivity contribution in [3.8, 4) is 0 Å². The molecule has 1 aromatic carbocycles. The predicted octanol–water partition coefficient (Wildman–Crippen LogP) is 6.51. The molecule has 0 amide bonds. The molecule has 0 bridgehead atoms. The number of carbonyl (C=O) groups excluding carboxylic acids is 2. The van der Waals surface area contributed by atoms with Crippen molar-refractivity contribution in [1.29, 1.82) is 0 Å². The first-order chi connectivity index (χ1) is 16.4. The van der Waals surface area contributed by atoms with Gasteiger partial charge in [0.1, 0.15) is 11.3 Å². The van der Waals surface area contributed by atoms with E-state index in [1.165, 1.54) is 0 Å². The molecule has 1 aliphatic rings. The first-order valence-electron chi connectivity index (χ1n) is 12.2. The molecule has 0 fully saturated rings. The molecule has 0 aliphatic heterocycles. The van der Waals surface area contributed by atoms with Crippen molar-refractivity contribution in [2.24, 2.45) is 10.8 Å². The van der Waals surface area contributed by atoms with Crippen LogP contribution in [0.5, 0.6) is 0 Å². The summed E-state index contributed by atoms with van der Waals surface area (Å²) in [7, 11) is 0. The maximum atomic E-state index is 13.0. The fourth-order valence-corrected chi connectivity index (χ4v) is 3.91. The third-order valence-electron chi connectivity index (χ3n) is 5.86. The van der Waals surface area contributed by atoms with Crippen LogP contribution in [0.25, 0.3) is 0 Å². The average molecular weight is 481 g/mol. The second-order valence-corrected chi connectivity index (χ2v) is 10.4. The van der Waals surface area contributed by atoms with Gasteiger partial charge >= 0.3 is 5.97 Å². The van der Waals surface area contributed by atoms with Gasteiger partial charge in [0.05, 0.1) is 25.9 Å². The van der Waals surface area contributed by atoms with Crippen LogP contribution in [0.2, 0.25) is 0 Å². The Labute approximate surface area is 210 Å². The van der Waals surface area contributed by atoms with E-state index in [9.17, 15) is 9.59 Å². The molecule has 1 atom stereocenters. The Morgan fingerprint density at radius 1 is 1.03 bits per heavy atom. The summed E-state index contributed by atoms with van der Waals surface area (Å²) >= 11 is 0. The first-order valence-corrected chi connectivity index (χ1v) is 12.2. The quantitative estimate of drug-likeness (QED) is 0.194. The molecule has 35 heavy (non-hydrogen) atoms. The number of ether oxygens (including phenoxy) is 3. The zero-order valence-corrected chi connectivity index (χ0v) is 22.3. The third kappa shape index (κ3) is 7.53. The number of esters is 1. The summed E-state index contributed by atoms with van der Waals surface area (Å²) < 4.78 is 17.4. The molecule has 0 radical (unpaired) electrons. The van der Waals surface area contributed by atoms with Crippen molar-refractivity contribution in [1.82, 2.24) is 0 Å². The molecule has 0 aromatic heterocycles. The van der Waals surface area contributed by atoms with Gasteiger partial charge in [-0.25, -0.2) is 4.79 Å². The van der Waals surface area contributed by atoms with Crippen molar-refractivity contribution in [2.45, 2.75) is 67.6 Å². The van der Waals surface area contributed by atoms with Gasteiger partial charge in [-0.05, 0) is 54.5 Å². The summed E-state index contributed by atoms with van der Waals surface area (Å²) in [5, 5.41) is 0. The summed E-state index contributed by atoms with van der Waals surface area (Å²) in [6, 6.07) is 9.99. The number of rotatable bonds is 12. The highest BCUT2D eigenvalue weighted by Crippen LogP contribution is 2.42. The summed E-state index contributed by atoms with van der Waals surface area (Å²) in [5.41, 5.74) is 1.81. The molecular formula is C30H40O5. The lowest BCUT2D eigenvalue weighted by molar-refractivity contribution is -0.138. The summed E-state index contributed by atoms with van der Waals surface area (Å²) in [5.74, 6) is -0.130. The minimum absolute atomic E-state index is 0.0728. The Morgan fingerprint density at radius 3 is 2.23 bits per heavy atom. The van der Waals surface area contributed by atoms with Gasteiger partial charge in [0.25, 0.3) is 0 Å². The number of ketones is 1. The highest BCUT2D eigenvalue weighted by Gasteiger charge is 2.37. The van der Waals surface area contributed by atoms with E-state index in [1.807, 2.05) is 70.2 Å². The van der Waals surface area contributed by atoms with Gasteiger partial charge in [-0.2, -0.15) is 0 Å². The Morgan fingerprint density at radius 2 is 1.69 bits per heavy atom. The van der Waals surface area contributed by atoms with Gasteiger partial charge < -0.3 is 14.2 Å². The van der Waals surface area contributed by atoms with Crippen LogP contribution in [0, 0.1) is 10.8 Å². The van der Waals surface area contributed by atoms with E-state index in [-0.39, 0.29) is 23.9 Å². The molecule has 1 unspecified atom stereocenters. The molecule has 0 saturated carbocycles. The van der Waals surface area contributed by atoms with E-state index in [2.05, 4.69) is 20.4 Å². The summed E-state index contributed by atoms with van der Waals surface area (Å²) in [4.78, 5) is 26.0. The second kappa shape index (κ2) is 12.2. The lowest BCUT2D eigenvalue weighted by Crippen LogP contribution is -2.31. The molecule has 0 heterocycles. The molecular weight excluding hydrogens is 440 g/mol. The van der Waals surface area contributed by atoms with Crippen molar-refractivity contribution >= 4 is 11.8 Å². The number of hydrogen-bond donors (Lipinski definition) is 0. The first kappa shape index (κ1) is 28.3. The fraction of sp³-hybridized carbons (Fsp3) is 0.467. The highest BCUT2D eigenvalue weighted by molar-refractivity contribution is 6.03. The summed E-state index contributed by atoms with van der Waals surface area (Å²) in [6.45, 7) is 18.5. The smallest absolute Gasteiger partial charge is 0.342 e. The van der Waals surface area contributed by atoms with Crippen molar-refractivity contribution in [2.75, 3.05) is 13.2 Å². The maximum Gasteiger partial charge on any atom is 0.342 e. The second-order valence-electron chi connectivity index (χ2n) is 10.4. The van der Waals surface area contributed by atoms with Gasteiger partial charge in [0.2, 0.25) is 0 Å². The topological polar surface area (TPSA) is 61.8 Å². The number of benzene rings is 1. The van der Waals surface area contributed by atoms with Crippen LogP contribution in [0.1, 0.15) is 60.5 Å². The van der Waals surface area contributed by atoms with Crippen LogP contribution >= 0.6 is 0 Å². The lowest BCUT2D eigenvalue weighted by atomic mass is 9.78. The van der Waals surface area contributed by atoms with Gasteiger partial charge in [-0.3, -0.25) is 4.79 Å². The fourth-order valence-electron chi connectivity index (χ4n) is 3.91. The van der Waals surface area contributed by atoms with E-state index < -0.39 is 11.4 Å². The van der Waals surface area contributed by atoms with Crippen molar-refractivity contribution < 1.29 is 23.8 Å². The van der Waals surface area contributed by atoms with Crippen LogP contribution < -0.4 is 0 Å². The van der Waals surface area contributed by atoms with E-state index in [1.54, 1.807) is 13.0 Å². The van der Waals surface area contributed by atoms with E-state index in [0.717, 1.165) is 11.1 Å². The number of hydrogen-bond acceptors (Lipinski definition) is 5. The van der Waals surface area contributed by atoms with Crippen LogP contribution in [0.15, 0.2) is 77.6 Å². The van der Waals surface area contributed by atoms with Gasteiger partial charge in [0, 0.05) is 5.41 Å². The molecule has 5 heteroatoms. The third-order valence-corrected chi connectivity index (χ3v) is 5.86. The molecule has 1 aromatic rings.